The van der Waals surface area contributed by atoms with Gasteiger partial charge >= 0.3 is 0 Å². The van der Waals surface area contributed by atoms with Gasteiger partial charge in [-0.15, -0.1) is 12.4 Å². The Morgan fingerprint density at radius 2 is 1.92 bits per heavy atom. The van der Waals surface area contributed by atoms with Crippen LogP contribution < -0.4 is 15.2 Å². The van der Waals surface area contributed by atoms with Crippen molar-refractivity contribution in [1.82, 2.24) is 4.90 Å². The van der Waals surface area contributed by atoms with Crippen molar-refractivity contribution in [2.75, 3.05) is 26.4 Å². The van der Waals surface area contributed by atoms with Gasteiger partial charge in [-0.1, -0.05) is 41.9 Å². The largest absolute Gasteiger partial charge is 0.454 e. The molecule has 1 amide bonds. The van der Waals surface area contributed by atoms with Gasteiger partial charge in [-0.05, 0) is 24.1 Å². The van der Waals surface area contributed by atoms with Crippen molar-refractivity contribution < 1.29 is 14.3 Å². The molecule has 0 bridgehead atoms. The summed E-state index contributed by atoms with van der Waals surface area (Å²) in [5, 5.41) is 0.379. The molecule has 5 nitrogen and oxygen atoms in total. The van der Waals surface area contributed by atoms with Gasteiger partial charge in [0.2, 0.25) is 6.79 Å². The number of benzene rings is 2. The van der Waals surface area contributed by atoms with Crippen molar-refractivity contribution in [3.8, 4) is 11.5 Å². The Morgan fingerprint density at radius 3 is 2.64 bits per heavy atom. The molecule has 2 N–H and O–H groups in total. The molecule has 1 aliphatic heterocycles. The molecule has 0 atom stereocenters. The fraction of sp³-hybridized carbons (Fsp3) is 0.278. The number of halogens is 2. The molecule has 0 unspecified atom stereocenters. The van der Waals surface area contributed by atoms with Crippen LogP contribution >= 0.6 is 24.0 Å². The van der Waals surface area contributed by atoms with Crippen LogP contribution in [0.4, 0.5) is 0 Å². The SMILES string of the molecule is Cl.NCCN(CCc1ccccc1)C(=O)c1cc(Cl)c2c(c1)OCO2. The molecule has 0 radical (unpaired) electrons. The molecule has 0 saturated carbocycles. The lowest BCUT2D eigenvalue weighted by molar-refractivity contribution is 0.0761. The van der Waals surface area contributed by atoms with Crippen molar-refractivity contribution in [1.29, 1.82) is 0 Å². The highest BCUT2D eigenvalue weighted by Gasteiger charge is 2.23. The van der Waals surface area contributed by atoms with E-state index in [-0.39, 0.29) is 25.1 Å². The standard InChI is InChI=1S/C18H19ClN2O3.ClH/c19-15-10-14(11-16-17(15)24-12-23-16)18(22)21(9-7-20)8-6-13-4-2-1-3-5-13;/h1-5,10-11H,6-9,12,20H2;1H. The van der Waals surface area contributed by atoms with Gasteiger partial charge in [0.1, 0.15) is 0 Å². The smallest absolute Gasteiger partial charge is 0.254 e. The molecular weight excluding hydrogens is 363 g/mol. The van der Waals surface area contributed by atoms with Gasteiger partial charge in [0.05, 0.1) is 5.02 Å². The molecule has 3 rings (SSSR count). The van der Waals surface area contributed by atoms with Crippen LogP contribution in [0.2, 0.25) is 5.02 Å². The van der Waals surface area contributed by atoms with Gasteiger partial charge in [-0.3, -0.25) is 4.79 Å². The maximum Gasteiger partial charge on any atom is 0.254 e. The number of nitrogens with zero attached hydrogens (tertiary/aromatic N) is 1. The van der Waals surface area contributed by atoms with E-state index < -0.39 is 0 Å². The third kappa shape index (κ3) is 4.57. The molecule has 0 spiro atoms. The summed E-state index contributed by atoms with van der Waals surface area (Å²) in [5.41, 5.74) is 7.32. The van der Waals surface area contributed by atoms with Gasteiger partial charge in [0.25, 0.3) is 5.91 Å². The summed E-state index contributed by atoms with van der Waals surface area (Å²) in [5.74, 6) is 0.876. The summed E-state index contributed by atoms with van der Waals surface area (Å²) < 4.78 is 10.6. The Bertz CT molecular complexity index is 726. The van der Waals surface area contributed by atoms with E-state index in [2.05, 4.69) is 0 Å². The molecule has 7 heteroatoms. The molecule has 1 aliphatic rings. The number of carbonyl (C=O) groups is 1. The first kappa shape index (κ1) is 19.4. The van der Waals surface area contributed by atoms with E-state index in [9.17, 15) is 4.79 Å². The Hall–Kier alpha value is -1.95. The molecule has 0 fully saturated rings. The van der Waals surface area contributed by atoms with Gasteiger partial charge in [-0.2, -0.15) is 0 Å². The van der Waals surface area contributed by atoms with Gasteiger partial charge in [0.15, 0.2) is 11.5 Å². The molecule has 2 aromatic rings. The fourth-order valence-electron chi connectivity index (χ4n) is 2.65. The first-order chi connectivity index (χ1) is 11.7. The second-order valence-electron chi connectivity index (χ2n) is 5.51. The summed E-state index contributed by atoms with van der Waals surface area (Å²) in [4.78, 5) is 14.6. The number of carbonyl (C=O) groups excluding carboxylic acids is 1. The van der Waals surface area contributed by atoms with Crippen LogP contribution in [0.25, 0.3) is 0 Å². The zero-order valence-corrected chi connectivity index (χ0v) is 15.2. The summed E-state index contributed by atoms with van der Waals surface area (Å²) in [6.07, 6.45) is 0.769. The third-order valence-electron chi connectivity index (χ3n) is 3.87. The molecule has 25 heavy (non-hydrogen) atoms. The van der Waals surface area contributed by atoms with Gasteiger partial charge in [0, 0.05) is 25.2 Å². The maximum absolute atomic E-state index is 12.8. The first-order valence-electron chi connectivity index (χ1n) is 7.81. The Kier molecular flexibility index (Phi) is 6.93. The van der Waals surface area contributed by atoms with Crippen LogP contribution in [0.3, 0.4) is 0 Å². The van der Waals surface area contributed by atoms with Crippen molar-refractivity contribution in [2.45, 2.75) is 6.42 Å². The van der Waals surface area contributed by atoms with Crippen molar-refractivity contribution in [3.05, 3.63) is 58.6 Å². The Balaban J connectivity index is 0.00000225. The van der Waals surface area contributed by atoms with Crippen LogP contribution in [-0.2, 0) is 6.42 Å². The highest BCUT2D eigenvalue weighted by Crippen LogP contribution is 2.40. The van der Waals surface area contributed by atoms with Crippen LogP contribution in [0, 0.1) is 0 Å². The molecule has 134 valence electrons. The highest BCUT2D eigenvalue weighted by atomic mass is 35.5. The van der Waals surface area contributed by atoms with E-state index in [1.54, 1.807) is 17.0 Å². The van der Waals surface area contributed by atoms with Crippen LogP contribution in [0.15, 0.2) is 42.5 Å². The summed E-state index contributed by atoms with van der Waals surface area (Å²) in [7, 11) is 0. The minimum absolute atomic E-state index is 0. The number of ether oxygens (including phenoxy) is 2. The first-order valence-corrected chi connectivity index (χ1v) is 8.19. The van der Waals surface area contributed by atoms with E-state index in [0.717, 1.165) is 6.42 Å². The molecule has 1 heterocycles. The number of hydrogen-bond donors (Lipinski definition) is 1. The highest BCUT2D eigenvalue weighted by molar-refractivity contribution is 6.32. The fourth-order valence-corrected chi connectivity index (χ4v) is 2.92. The summed E-state index contributed by atoms with van der Waals surface area (Å²) in [6, 6.07) is 13.3. The van der Waals surface area contributed by atoms with Crippen molar-refractivity contribution in [3.63, 3.8) is 0 Å². The predicted molar refractivity (Wildman–Crippen MR) is 99.9 cm³/mol. The molecule has 0 aliphatic carbocycles. The Labute approximate surface area is 158 Å². The lowest BCUT2D eigenvalue weighted by Crippen LogP contribution is -2.37. The number of fused-ring (bicyclic) bond motifs is 1. The zero-order chi connectivity index (χ0) is 16.9. The zero-order valence-electron chi connectivity index (χ0n) is 13.6. The van der Waals surface area contributed by atoms with Crippen LogP contribution in [0.5, 0.6) is 11.5 Å². The minimum atomic E-state index is -0.114. The summed E-state index contributed by atoms with van der Waals surface area (Å²) in [6.45, 7) is 1.59. The van der Waals surface area contributed by atoms with E-state index >= 15 is 0 Å². The lowest BCUT2D eigenvalue weighted by atomic mass is 10.1. The second kappa shape index (κ2) is 8.94. The minimum Gasteiger partial charge on any atom is -0.454 e. The average Bonchev–Trinajstić information content (AvgIpc) is 3.08. The number of hydrogen-bond acceptors (Lipinski definition) is 4. The van der Waals surface area contributed by atoms with Crippen molar-refractivity contribution >= 4 is 29.9 Å². The van der Waals surface area contributed by atoms with E-state index in [0.29, 0.717) is 41.7 Å². The number of nitrogens with two attached hydrogens (primary N) is 1. The van der Waals surface area contributed by atoms with E-state index in [1.165, 1.54) is 5.56 Å². The van der Waals surface area contributed by atoms with Gasteiger partial charge < -0.3 is 20.1 Å². The monoisotopic (exact) mass is 382 g/mol. The predicted octanol–water partition coefficient (Wildman–Crippen LogP) is 3.13. The summed E-state index contributed by atoms with van der Waals surface area (Å²) >= 11 is 6.17. The third-order valence-corrected chi connectivity index (χ3v) is 4.15. The average molecular weight is 383 g/mol. The van der Waals surface area contributed by atoms with E-state index in [4.69, 9.17) is 26.8 Å². The van der Waals surface area contributed by atoms with Gasteiger partial charge in [-0.25, -0.2) is 0 Å². The maximum atomic E-state index is 12.8. The molecular formula is C18H20Cl2N2O3. The number of rotatable bonds is 6. The number of amides is 1. The van der Waals surface area contributed by atoms with Crippen LogP contribution in [0.1, 0.15) is 15.9 Å². The molecule has 0 aromatic heterocycles. The van der Waals surface area contributed by atoms with Crippen LogP contribution in [-0.4, -0.2) is 37.2 Å². The molecule has 2 aromatic carbocycles. The lowest BCUT2D eigenvalue weighted by Gasteiger charge is -2.22. The second-order valence-corrected chi connectivity index (χ2v) is 5.92. The topological polar surface area (TPSA) is 64.8 Å². The normalized spacial score (nSPS) is 11.8. The van der Waals surface area contributed by atoms with Crippen molar-refractivity contribution in [2.24, 2.45) is 5.73 Å². The molecule has 0 saturated heterocycles. The Morgan fingerprint density at radius 1 is 1.16 bits per heavy atom. The quantitative estimate of drug-likeness (QED) is 0.833. The van der Waals surface area contributed by atoms with E-state index in [1.807, 2.05) is 30.3 Å².